The number of carbonyl (C=O) groups is 1. The van der Waals surface area contributed by atoms with E-state index in [4.69, 9.17) is 0 Å². The summed E-state index contributed by atoms with van der Waals surface area (Å²) in [7, 11) is 0. The van der Waals surface area contributed by atoms with Crippen LogP contribution in [0.15, 0.2) is 60.4 Å². The van der Waals surface area contributed by atoms with Crippen LogP contribution in [0.4, 0.5) is 0 Å². The number of ketones is 1. The van der Waals surface area contributed by atoms with Gasteiger partial charge in [0.1, 0.15) is 5.01 Å². The lowest BCUT2D eigenvalue weighted by Crippen LogP contribution is -2.03. The van der Waals surface area contributed by atoms with Crippen molar-refractivity contribution < 1.29 is 4.79 Å². The summed E-state index contributed by atoms with van der Waals surface area (Å²) in [5.74, 6) is 0.0180. The molecule has 0 saturated carbocycles. The Kier molecular flexibility index (Phi) is 3.80. The third kappa shape index (κ3) is 2.91. The summed E-state index contributed by atoms with van der Waals surface area (Å²) >= 11 is 1.47. The van der Waals surface area contributed by atoms with Gasteiger partial charge in [0.2, 0.25) is 0 Å². The number of thiazole rings is 1. The van der Waals surface area contributed by atoms with Crippen molar-refractivity contribution in [3.63, 3.8) is 0 Å². The molecule has 0 amide bonds. The fourth-order valence-corrected chi connectivity index (χ4v) is 3.19. The van der Waals surface area contributed by atoms with E-state index in [0.717, 1.165) is 27.4 Å². The molecule has 24 heavy (non-hydrogen) atoms. The molecule has 1 aromatic carbocycles. The second kappa shape index (κ2) is 6.25. The maximum absolute atomic E-state index is 12.5. The molecule has 5 nitrogen and oxygen atoms in total. The monoisotopic (exact) mass is 332 g/mol. The van der Waals surface area contributed by atoms with Gasteiger partial charge in [0.15, 0.2) is 5.78 Å². The second-order valence-corrected chi connectivity index (χ2v) is 6.14. The third-order valence-electron chi connectivity index (χ3n) is 3.58. The average molecular weight is 332 g/mol. The summed E-state index contributed by atoms with van der Waals surface area (Å²) in [5.41, 5.74) is 3.73. The standard InChI is InChI=1S/C18H12N4OS/c23-17(12-4-5-14-15(9-12)21-8-7-20-14)10-18-22-16(11-24-18)13-3-1-2-6-19-13/h1-9,11H,10H2. The molecule has 0 saturated heterocycles. The highest BCUT2D eigenvalue weighted by atomic mass is 32.1. The number of fused-ring (bicyclic) bond motifs is 1. The first-order valence-electron chi connectivity index (χ1n) is 7.39. The van der Waals surface area contributed by atoms with Crippen molar-refractivity contribution in [3.8, 4) is 11.4 Å². The van der Waals surface area contributed by atoms with Crippen LogP contribution in [0.1, 0.15) is 15.4 Å². The maximum Gasteiger partial charge on any atom is 0.169 e. The maximum atomic E-state index is 12.5. The van der Waals surface area contributed by atoms with Gasteiger partial charge in [-0.2, -0.15) is 0 Å². The van der Waals surface area contributed by atoms with Crippen molar-refractivity contribution in [1.29, 1.82) is 0 Å². The Hall–Kier alpha value is -2.99. The number of aromatic nitrogens is 4. The van der Waals surface area contributed by atoms with Crippen LogP contribution in [-0.2, 0) is 6.42 Å². The topological polar surface area (TPSA) is 68.6 Å². The first-order chi connectivity index (χ1) is 11.8. The van der Waals surface area contributed by atoms with Gasteiger partial charge < -0.3 is 0 Å². The average Bonchev–Trinajstić information content (AvgIpc) is 3.10. The van der Waals surface area contributed by atoms with Gasteiger partial charge in [-0.1, -0.05) is 6.07 Å². The first kappa shape index (κ1) is 14.6. The molecule has 0 aliphatic rings. The van der Waals surface area contributed by atoms with Crippen molar-refractivity contribution in [3.05, 3.63) is 70.9 Å². The Morgan fingerprint density at radius 2 is 1.79 bits per heavy atom. The molecule has 0 fully saturated rings. The van der Waals surface area contributed by atoms with E-state index in [0.29, 0.717) is 5.56 Å². The number of Topliss-reactive ketones (excluding diaryl/α,β-unsaturated/α-hetero) is 1. The zero-order valence-electron chi connectivity index (χ0n) is 12.6. The fourth-order valence-electron chi connectivity index (χ4n) is 2.40. The van der Waals surface area contributed by atoms with Crippen molar-refractivity contribution in [2.75, 3.05) is 0 Å². The summed E-state index contributed by atoms with van der Waals surface area (Å²) in [6.07, 6.45) is 5.26. The summed E-state index contributed by atoms with van der Waals surface area (Å²) in [4.78, 5) is 29.8. The van der Waals surface area contributed by atoms with Crippen LogP contribution in [0.25, 0.3) is 22.4 Å². The Balaban J connectivity index is 1.56. The molecule has 3 heterocycles. The van der Waals surface area contributed by atoms with Crippen LogP contribution in [-0.4, -0.2) is 25.7 Å². The number of pyridine rings is 1. The Bertz CT molecular complexity index is 1010. The van der Waals surface area contributed by atoms with Gasteiger partial charge in [-0.05, 0) is 30.3 Å². The van der Waals surface area contributed by atoms with E-state index in [-0.39, 0.29) is 12.2 Å². The predicted octanol–water partition coefficient (Wildman–Crippen LogP) is 3.57. The van der Waals surface area contributed by atoms with Crippen molar-refractivity contribution in [2.45, 2.75) is 6.42 Å². The predicted molar refractivity (Wildman–Crippen MR) is 92.9 cm³/mol. The lowest BCUT2D eigenvalue weighted by Gasteiger charge is -2.01. The van der Waals surface area contributed by atoms with E-state index in [2.05, 4.69) is 19.9 Å². The van der Waals surface area contributed by atoms with Crippen molar-refractivity contribution in [1.82, 2.24) is 19.9 Å². The van der Waals surface area contributed by atoms with Crippen LogP contribution in [0.2, 0.25) is 0 Å². The molecule has 0 aliphatic heterocycles. The molecule has 0 N–H and O–H groups in total. The van der Waals surface area contributed by atoms with Crippen LogP contribution >= 0.6 is 11.3 Å². The molecular formula is C18H12N4OS. The van der Waals surface area contributed by atoms with Gasteiger partial charge in [-0.25, -0.2) is 4.98 Å². The van der Waals surface area contributed by atoms with E-state index in [1.54, 1.807) is 30.7 Å². The Morgan fingerprint density at radius 1 is 0.917 bits per heavy atom. The molecule has 0 atom stereocenters. The van der Waals surface area contributed by atoms with Crippen LogP contribution in [0.5, 0.6) is 0 Å². The number of hydrogen-bond acceptors (Lipinski definition) is 6. The van der Waals surface area contributed by atoms with E-state index < -0.39 is 0 Å². The Morgan fingerprint density at radius 3 is 2.62 bits per heavy atom. The van der Waals surface area contributed by atoms with E-state index in [1.165, 1.54) is 11.3 Å². The number of carbonyl (C=O) groups excluding carboxylic acids is 1. The SMILES string of the molecule is O=C(Cc1nc(-c2ccccn2)cs1)c1ccc2nccnc2c1. The van der Waals surface area contributed by atoms with E-state index in [9.17, 15) is 4.79 Å². The molecule has 0 radical (unpaired) electrons. The first-order valence-corrected chi connectivity index (χ1v) is 8.27. The normalized spacial score (nSPS) is 10.8. The van der Waals surface area contributed by atoms with Crippen LogP contribution in [0.3, 0.4) is 0 Å². The minimum absolute atomic E-state index is 0.0180. The van der Waals surface area contributed by atoms with Gasteiger partial charge in [0.05, 0.1) is 28.8 Å². The quantitative estimate of drug-likeness (QED) is 0.534. The third-order valence-corrected chi connectivity index (χ3v) is 4.43. The summed E-state index contributed by atoms with van der Waals surface area (Å²) < 4.78 is 0. The second-order valence-electron chi connectivity index (χ2n) is 5.20. The van der Waals surface area contributed by atoms with Gasteiger partial charge >= 0.3 is 0 Å². The van der Waals surface area contributed by atoms with Gasteiger partial charge in [-0.15, -0.1) is 11.3 Å². The zero-order valence-corrected chi connectivity index (χ0v) is 13.4. The molecule has 0 spiro atoms. The minimum atomic E-state index is 0.0180. The number of rotatable bonds is 4. The smallest absolute Gasteiger partial charge is 0.169 e. The summed E-state index contributed by atoms with van der Waals surface area (Å²) in [6.45, 7) is 0. The fraction of sp³-hybridized carbons (Fsp3) is 0.0556. The number of nitrogens with zero attached hydrogens (tertiary/aromatic N) is 4. The summed E-state index contributed by atoms with van der Waals surface area (Å²) in [6, 6.07) is 11.1. The number of hydrogen-bond donors (Lipinski definition) is 0. The minimum Gasteiger partial charge on any atom is -0.294 e. The van der Waals surface area contributed by atoms with E-state index >= 15 is 0 Å². The molecule has 4 aromatic rings. The van der Waals surface area contributed by atoms with Gasteiger partial charge in [0.25, 0.3) is 0 Å². The molecule has 6 heteroatoms. The van der Waals surface area contributed by atoms with Crippen molar-refractivity contribution >= 4 is 28.2 Å². The molecular weight excluding hydrogens is 320 g/mol. The van der Waals surface area contributed by atoms with Crippen LogP contribution in [0, 0.1) is 0 Å². The molecule has 0 bridgehead atoms. The highest BCUT2D eigenvalue weighted by molar-refractivity contribution is 7.10. The highest BCUT2D eigenvalue weighted by Gasteiger charge is 2.12. The molecule has 4 rings (SSSR count). The molecule has 3 aromatic heterocycles. The number of benzene rings is 1. The lowest BCUT2D eigenvalue weighted by atomic mass is 10.1. The molecule has 0 aliphatic carbocycles. The van der Waals surface area contributed by atoms with E-state index in [1.807, 2.05) is 29.6 Å². The zero-order chi connectivity index (χ0) is 16.4. The molecule has 0 unspecified atom stereocenters. The highest BCUT2D eigenvalue weighted by Crippen LogP contribution is 2.21. The largest absolute Gasteiger partial charge is 0.294 e. The van der Waals surface area contributed by atoms with Gasteiger partial charge in [-0.3, -0.25) is 19.7 Å². The lowest BCUT2D eigenvalue weighted by molar-refractivity contribution is 0.0993. The molecule has 116 valence electrons. The van der Waals surface area contributed by atoms with Crippen molar-refractivity contribution in [2.24, 2.45) is 0 Å². The Labute approximate surface area is 142 Å². The summed E-state index contributed by atoms with van der Waals surface area (Å²) in [5, 5.41) is 2.71. The van der Waals surface area contributed by atoms with Crippen LogP contribution < -0.4 is 0 Å². The van der Waals surface area contributed by atoms with Gasteiger partial charge in [0, 0.05) is 29.5 Å².